The molecule has 1 N–H and O–H groups in total. The number of aliphatic hydroxyl groups is 1. The molecule has 15 heavy (non-hydrogen) atoms. The predicted molar refractivity (Wildman–Crippen MR) is 59.5 cm³/mol. The van der Waals surface area contributed by atoms with Crippen LogP contribution in [0.15, 0.2) is 16.7 Å². The number of hydrogen-bond donors (Lipinski definition) is 1. The molecule has 2 heterocycles. The third-order valence-electron chi connectivity index (χ3n) is 2.42. The van der Waals surface area contributed by atoms with Crippen molar-refractivity contribution in [1.82, 2.24) is 4.98 Å². The molecule has 1 aromatic rings. The van der Waals surface area contributed by atoms with E-state index in [1.807, 2.05) is 4.90 Å². The van der Waals surface area contributed by atoms with Crippen molar-refractivity contribution in [3.05, 3.63) is 22.3 Å². The number of nitriles is 1. The molecule has 0 aromatic carbocycles. The molecule has 0 saturated carbocycles. The first kappa shape index (κ1) is 10.4. The van der Waals surface area contributed by atoms with E-state index in [0.29, 0.717) is 17.9 Å². The van der Waals surface area contributed by atoms with Crippen molar-refractivity contribution >= 4 is 21.7 Å². The van der Waals surface area contributed by atoms with Crippen LogP contribution in [0.25, 0.3) is 0 Å². The Kier molecular flexibility index (Phi) is 2.89. The van der Waals surface area contributed by atoms with Gasteiger partial charge in [0.2, 0.25) is 0 Å². The van der Waals surface area contributed by atoms with Crippen LogP contribution in [0.2, 0.25) is 0 Å². The molecule has 5 heteroatoms. The first-order valence-electron chi connectivity index (χ1n) is 4.69. The summed E-state index contributed by atoms with van der Waals surface area (Å²) in [5, 5.41) is 18.4. The minimum atomic E-state index is -0.304. The summed E-state index contributed by atoms with van der Waals surface area (Å²) in [4.78, 5) is 6.15. The van der Waals surface area contributed by atoms with E-state index in [2.05, 4.69) is 27.0 Å². The molecule has 1 saturated heterocycles. The highest BCUT2D eigenvalue weighted by Gasteiger charge is 2.23. The number of aromatic nitrogens is 1. The van der Waals surface area contributed by atoms with Crippen LogP contribution in [0.4, 0.5) is 5.82 Å². The molecule has 2 rings (SSSR count). The molecular formula is C10H10BrN3O. The van der Waals surface area contributed by atoms with Crippen LogP contribution in [-0.2, 0) is 0 Å². The number of nitrogens with zero attached hydrogens (tertiary/aromatic N) is 3. The fraction of sp³-hybridized carbons (Fsp3) is 0.400. The van der Waals surface area contributed by atoms with Crippen LogP contribution in [-0.4, -0.2) is 29.3 Å². The lowest BCUT2D eigenvalue weighted by atomic mass is 10.2. The van der Waals surface area contributed by atoms with Crippen molar-refractivity contribution in [2.45, 2.75) is 12.5 Å². The summed E-state index contributed by atoms with van der Waals surface area (Å²) < 4.78 is 0.794. The van der Waals surface area contributed by atoms with E-state index in [1.54, 1.807) is 12.3 Å². The number of pyridine rings is 1. The van der Waals surface area contributed by atoms with Crippen LogP contribution < -0.4 is 4.90 Å². The largest absolute Gasteiger partial charge is 0.391 e. The standard InChI is InChI=1S/C10H10BrN3O/c11-8-3-7(4-12)10(13-5-8)14-2-1-9(15)6-14/h3,5,9,15H,1-2,6H2/t9-/m0/s1. The molecule has 1 fully saturated rings. The molecule has 4 nitrogen and oxygen atoms in total. The molecule has 78 valence electrons. The van der Waals surface area contributed by atoms with Gasteiger partial charge in [-0.25, -0.2) is 4.98 Å². The van der Waals surface area contributed by atoms with Gasteiger partial charge in [0.05, 0.1) is 11.7 Å². The molecule has 1 aliphatic heterocycles. The number of halogens is 1. The number of anilines is 1. The Morgan fingerprint density at radius 3 is 3.07 bits per heavy atom. The average molecular weight is 268 g/mol. The summed E-state index contributed by atoms with van der Waals surface area (Å²) in [7, 11) is 0. The molecule has 0 aliphatic carbocycles. The Bertz CT molecular complexity index is 416. The summed E-state index contributed by atoms with van der Waals surface area (Å²) in [5.74, 6) is 0.664. The van der Waals surface area contributed by atoms with Gasteiger partial charge in [-0.3, -0.25) is 0 Å². The van der Waals surface area contributed by atoms with Crippen LogP contribution in [0.3, 0.4) is 0 Å². The first-order chi connectivity index (χ1) is 7.20. The Balaban J connectivity index is 2.32. The van der Waals surface area contributed by atoms with Crippen molar-refractivity contribution < 1.29 is 5.11 Å². The normalized spacial score (nSPS) is 20.3. The van der Waals surface area contributed by atoms with E-state index in [1.165, 1.54) is 0 Å². The van der Waals surface area contributed by atoms with Gasteiger partial charge in [0.1, 0.15) is 11.9 Å². The fourth-order valence-corrected chi connectivity index (χ4v) is 2.03. The maximum absolute atomic E-state index is 9.42. The lowest BCUT2D eigenvalue weighted by molar-refractivity contribution is 0.198. The predicted octanol–water partition coefficient (Wildman–Crippen LogP) is 1.29. The van der Waals surface area contributed by atoms with E-state index in [-0.39, 0.29) is 6.10 Å². The Morgan fingerprint density at radius 2 is 2.47 bits per heavy atom. The molecule has 0 radical (unpaired) electrons. The van der Waals surface area contributed by atoms with Crippen LogP contribution in [0, 0.1) is 11.3 Å². The van der Waals surface area contributed by atoms with Crippen LogP contribution >= 0.6 is 15.9 Å². The first-order valence-corrected chi connectivity index (χ1v) is 5.48. The van der Waals surface area contributed by atoms with Crippen LogP contribution in [0.1, 0.15) is 12.0 Å². The third kappa shape index (κ3) is 2.11. The van der Waals surface area contributed by atoms with Gasteiger partial charge in [0.15, 0.2) is 0 Å². The second-order valence-corrected chi connectivity index (χ2v) is 4.44. The Morgan fingerprint density at radius 1 is 1.67 bits per heavy atom. The summed E-state index contributed by atoms with van der Waals surface area (Å²) in [6.07, 6.45) is 2.10. The molecule has 0 amide bonds. The van der Waals surface area contributed by atoms with E-state index in [9.17, 15) is 5.11 Å². The van der Waals surface area contributed by atoms with Gasteiger partial charge in [-0.1, -0.05) is 0 Å². The zero-order valence-corrected chi connectivity index (χ0v) is 9.61. The lowest BCUT2D eigenvalue weighted by Crippen LogP contribution is -2.23. The van der Waals surface area contributed by atoms with Crippen molar-refractivity contribution in [1.29, 1.82) is 5.26 Å². The molecular weight excluding hydrogens is 258 g/mol. The highest BCUT2D eigenvalue weighted by molar-refractivity contribution is 9.10. The van der Waals surface area contributed by atoms with E-state index in [4.69, 9.17) is 5.26 Å². The Labute approximate surface area is 96.3 Å². The SMILES string of the molecule is N#Cc1cc(Br)cnc1N1CC[C@H](O)C1. The Hall–Kier alpha value is -1.12. The monoisotopic (exact) mass is 267 g/mol. The topological polar surface area (TPSA) is 60.2 Å². The molecule has 1 atom stereocenters. The average Bonchev–Trinajstić information content (AvgIpc) is 2.64. The number of hydrogen-bond acceptors (Lipinski definition) is 4. The minimum Gasteiger partial charge on any atom is -0.391 e. The maximum atomic E-state index is 9.42. The zero-order chi connectivity index (χ0) is 10.8. The van der Waals surface area contributed by atoms with Gasteiger partial charge in [-0.2, -0.15) is 5.26 Å². The van der Waals surface area contributed by atoms with E-state index < -0.39 is 0 Å². The second kappa shape index (κ2) is 4.17. The van der Waals surface area contributed by atoms with Gasteiger partial charge in [-0.15, -0.1) is 0 Å². The molecule has 1 aromatic heterocycles. The van der Waals surface area contributed by atoms with Crippen molar-refractivity contribution in [3.8, 4) is 6.07 Å². The fourth-order valence-electron chi connectivity index (χ4n) is 1.70. The minimum absolute atomic E-state index is 0.304. The number of rotatable bonds is 1. The lowest BCUT2D eigenvalue weighted by Gasteiger charge is -2.17. The van der Waals surface area contributed by atoms with Crippen molar-refractivity contribution in [3.63, 3.8) is 0 Å². The van der Waals surface area contributed by atoms with Gasteiger partial charge < -0.3 is 10.0 Å². The maximum Gasteiger partial charge on any atom is 0.146 e. The zero-order valence-electron chi connectivity index (χ0n) is 8.02. The van der Waals surface area contributed by atoms with Gasteiger partial charge >= 0.3 is 0 Å². The van der Waals surface area contributed by atoms with Gasteiger partial charge in [0.25, 0.3) is 0 Å². The van der Waals surface area contributed by atoms with Gasteiger partial charge in [-0.05, 0) is 28.4 Å². The summed E-state index contributed by atoms with van der Waals surface area (Å²) in [6.45, 7) is 1.31. The molecule has 0 spiro atoms. The molecule has 0 unspecified atom stereocenters. The second-order valence-electron chi connectivity index (χ2n) is 3.53. The quantitative estimate of drug-likeness (QED) is 0.833. The number of β-amino-alcohol motifs (C(OH)–C–C–N with tert-alkyl or cyclic N) is 1. The van der Waals surface area contributed by atoms with E-state index in [0.717, 1.165) is 17.4 Å². The van der Waals surface area contributed by atoms with Crippen molar-refractivity contribution in [2.75, 3.05) is 18.0 Å². The van der Waals surface area contributed by atoms with Crippen molar-refractivity contribution in [2.24, 2.45) is 0 Å². The van der Waals surface area contributed by atoms with E-state index >= 15 is 0 Å². The molecule has 0 bridgehead atoms. The van der Waals surface area contributed by atoms with Gasteiger partial charge in [0, 0.05) is 23.8 Å². The summed E-state index contributed by atoms with van der Waals surface area (Å²) >= 11 is 3.28. The summed E-state index contributed by atoms with van der Waals surface area (Å²) in [6, 6.07) is 3.86. The highest BCUT2D eigenvalue weighted by Crippen LogP contribution is 2.24. The summed E-state index contributed by atoms with van der Waals surface area (Å²) in [5.41, 5.74) is 0.540. The van der Waals surface area contributed by atoms with Crippen LogP contribution in [0.5, 0.6) is 0 Å². The smallest absolute Gasteiger partial charge is 0.146 e. The molecule has 1 aliphatic rings. The number of aliphatic hydroxyl groups excluding tert-OH is 1. The highest BCUT2D eigenvalue weighted by atomic mass is 79.9. The third-order valence-corrected chi connectivity index (χ3v) is 2.85.